The number of carbonyl (C=O) groups is 1. The minimum Gasteiger partial charge on any atom is -0.322 e. The molecule has 0 atom stereocenters. The van der Waals surface area contributed by atoms with E-state index >= 15 is 0 Å². The zero-order valence-corrected chi connectivity index (χ0v) is 18.5. The van der Waals surface area contributed by atoms with E-state index in [4.69, 9.17) is 0 Å². The summed E-state index contributed by atoms with van der Waals surface area (Å²) < 4.78 is 2.16. The van der Waals surface area contributed by atoms with E-state index < -0.39 is 11.5 Å². The van der Waals surface area contributed by atoms with Crippen LogP contribution < -0.4 is 10.9 Å². The summed E-state index contributed by atoms with van der Waals surface area (Å²) in [6.07, 6.45) is 4.36. The lowest BCUT2D eigenvalue weighted by Crippen LogP contribution is -2.30. The Balaban J connectivity index is 1.61. The maximum atomic E-state index is 12.9. The van der Waals surface area contributed by atoms with Gasteiger partial charge in [0.25, 0.3) is 11.5 Å². The van der Waals surface area contributed by atoms with Crippen molar-refractivity contribution >= 4 is 11.6 Å². The average Bonchev–Trinajstić information content (AvgIpc) is 2.95. The first-order valence-electron chi connectivity index (χ1n) is 10.7. The highest BCUT2D eigenvalue weighted by Crippen LogP contribution is 2.25. The van der Waals surface area contributed by atoms with Crippen molar-refractivity contribution in [2.45, 2.75) is 65.3 Å². The van der Waals surface area contributed by atoms with Crippen molar-refractivity contribution in [1.29, 1.82) is 0 Å². The number of aryl methyl sites for hydroxylation is 2. The van der Waals surface area contributed by atoms with Crippen LogP contribution in [0.25, 0.3) is 11.4 Å². The van der Waals surface area contributed by atoms with Crippen LogP contribution in [-0.2, 0) is 18.4 Å². The molecule has 0 bridgehead atoms. The molecule has 0 radical (unpaired) electrons. The van der Waals surface area contributed by atoms with Gasteiger partial charge in [-0.1, -0.05) is 39.3 Å². The first kappa shape index (κ1) is 21.0. The molecule has 162 valence electrons. The number of anilines is 1. The van der Waals surface area contributed by atoms with Gasteiger partial charge in [-0.25, -0.2) is 4.98 Å². The molecule has 4 rings (SSSR count). The molecule has 2 N–H and O–H groups in total. The smallest absolute Gasteiger partial charge is 0.264 e. The van der Waals surface area contributed by atoms with E-state index in [9.17, 15) is 9.59 Å². The molecule has 0 spiro atoms. The Kier molecular flexibility index (Phi) is 5.47. The Bertz CT molecular complexity index is 1190. The summed E-state index contributed by atoms with van der Waals surface area (Å²) in [6.45, 7) is 8.46. The number of nitrogens with zero attached hydrogens (tertiary/aromatic N) is 4. The predicted octanol–water partition coefficient (Wildman–Crippen LogP) is 3.61. The van der Waals surface area contributed by atoms with Gasteiger partial charge in [-0.15, -0.1) is 10.2 Å². The summed E-state index contributed by atoms with van der Waals surface area (Å²) in [5.74, 6) is 1.89. The summed E-state index contributed by atoms with van der Waals surface area (Å²) in [4.78, 5) is 32.7. The van der Waals surface area contributed by atoms with Crippen molar-refractivity contribution in [1.82, 2.24) is 24.7 Å². The van der Waals surface area contributed by atoms with Crippen LogP contribution in [0.3, 0.4) is 0 Å². The van der Waals surface area contributed by atoms with Crippen molar-refractivity contribution in [2.75, 3.05) is 5.32 Å². The molecule has 0 unspecified atom stereocenters. The van der Waals surface area contributed by atoms with Crippen LogP contribution in [-0.4, -0.2) is 30.6 Å². The number of fused-ring (bicyclic) bond motifs is 1. The van der Waals surface area contributed by atoms with Gasteiger partial charge in [0.1, 0.15) is 17.2 Å². The number of aromatic nitrogens is 5. The molecule has 1 aliphatic rings. The normalized spacial score (nSPS) is 14.1. The highest BCUT2D eigenvalue weighted by Gasteiger charge is 2.22. The zero-order chi connectivity index (χ0) is 22.2. The van der Waals surface area contributed by atoms with Crippen LogP contribution in [0.5, 0.6) is 0 Å². The quantitative estimate of drug-likeness (QED) is 0.673. The van der Waals surface area contributed by atoms with E-state index in [1.54, 1.807) is 13.0 Å². The van der Waals surface area contributed by atoms with Crippen LogP contribution in [0.1, 0.15) is 67.7 Å². The monoisotopic (exact) mass is 420 g/mol. The number of aromatic amines is 1. The topological polar surface area (TPSA) is 106 Å². The van der Waals surface area contributed by atoms with Crippen LogP contribution in [0, 0.1) is 6.92 Å². The molecule has 1 aromatic carbocycles. The summed E-state index contributed by atoms with van der Waals surface area (Å²) in [5.41, 5.74) is 1.15. The summed E-state index contributed by atoms with van der Waals surface area (Å²) in [7, 11) is 0. The molecule has 0 fully saturated rings. The highest BCUT2D eigenvalue weighted by atomic mass is 16.2. The molecular formula is C23H28N6O2. The fourth-order valence-electron chi connectivity index (χ4n) is 3.84. The third-order valence-electron chi connectivity index (χ3n) is 5.53. The van der Waals surface area contributed by atoms with Crippen LogP contribution >= 0.6 is 0 Å². The number of rotatable bonds is 3. The van der Waals surface area contributed by atoms with Gasteiger partial charge in [-0.05, 0) is 31.9 Å². The van der Waals surface area contributed by atoms with Gasteiger partial charge < -0.3 is 14.9 Å². The minimum atomic E-state index is -0.482. The van der Waals surface area contributed by atoms with Crippen LogP contribution in [0.2, 0.25) is 0 Å². The number of hydrogen-bond donors (Lipinski definition) is 2. The van der Waals surface area contributed by atoms with Crippen molar-refractivity contribution in [3.05, 3.63) is 57.5 Å². The number of nitrogens with one attached hydrogen (secondary N) is 2. The van der Waals surface area contributed by atoms with Gasteiger partial charge in [0.2, 0.25) is 0 Å². The molecule has 3 heterocycles. The zero-order valence-electron chi connectivity index (χ0n) is 18.5. The van der Waals surface area contributed by atoms with E-state index in [-0.39, 0.29) is 11.0 Å². The Morgan fingerprint density at radius 3 is 2.71 bits per heavy atom. The van der Waals surface area contributed by atoms with E-state index in [0.29, 0.717) is 17.2 Å². The largest absolute Gasteiger partial charge is 0.322 e. The first-order chi connectivity index (χ1) is 14.7. The third-order valence-corrected chi connectivity index (χ3v) is 5.53. The molecule has 31 heavy (non-hydrogen) atoms. The Hall–Kier alpha value is -3.29. The van der Waals surface area contributed by atoms with E-state index in [2.05, 4.69) is 30.0 Å². The van der Waals surface area contributed by atoms with Crippen molar-refractivity contribution in [2.24, 2.45) is 0 Å². The summed E-state index contributed by atoms with van der Waals surface area (Å²) in [6, 6.07) is 7.47. The molecule has 1 amide bonds. The lowest BCUT2D eigenvalue weighted by Gasteiger charge is -2.18. The molecule has 1 aliphatic heterocycles. The summed E-state index contributed by atoms with van der Waals surface area (Å²) in [5, 5.41) is 11.6. The number of hydrogen-bond acceptors (Lipinski definition) is 5. The van der Waals surface area contributed by atoms with Crippen molar-refractivity contribution in [3.8, 4) is 11.4 Å². The first-order valence-corrected chi connectivity index (χ1v) is 10.7. The fourth-order valence-corrected chi connectivity index (χ4v) is 3.84. The third kappa shape index (κ3) is 4.28. The fraction of sp³-hybridized carbons (Fsp3) is 0.435. The lowest BCUT2D eigenvalue weighted by molar-refractivity contribution is 0.102. The number of amides is 1. The van der Waals surface area contributed by atoms with Gasteiger partial charge in [-0.2, -0.15) is 0 Å². The van der Waals surface area contributed by atoms with E-state index in [1.165, 1.54) is 6.42 Å². The molecular weight excluding hydrogens is 392 g/mol. The molecule has 0 aliphatic carbocycles. The van der Waals surface area contributed by atoms with Gasteiger partial charge >= 0.3 is 0 Å². The maximum absolute atomic E-state index is 12.9. The molecule has 8 heteroatoms. The minimum absolute atomic E-state index is 0.0229. The standard InChI is InChI=1S/C23H28N6O2/c1-14-18(21(31)26-22(24-14)23(2,3)4)20(30)25-16-10-8-9-15(13-16)19-28-27-17-11-6-5-7-12-29(17)19/h8-10,13H,5-7,11-12H2,1-4H3,(H,25,30)(H,24,26,31). The van der Waals surface area contributed by atoms with Gasteiger partial charge in [-0.3, -0.25) is 9.59 Å². The second kappa shape index (κ2) is 8.09. The number of carbonyl (C=O) groups excluding carboxylic acids is 1. The Morgan fingerprint density at radius 2 is 1.97 bits per heavy atom. The maximum Gasteiger partial charge on any atom is 0.264 e. The van der Waals surface area contributed by atoms with Crippen LogP contribution in [0.4, 0.5) is 5.69 Å². The summed E-state index contributed by atoms with van der Waals surface area (Å²) >= 11 is 0. The molecule has 3 aromatic rings. The molecule has 0 saturated heterocycles. The SMILES string of the molecule is Cc1nc(C(C)(C)C)[nH]c(=O)c1C(=O)Nc1cccc(-c2nnc3n2CCCCC3)c1. The molecule has 0 saturated carbocycles. The molecule has 2 aromatic heterocycles. The number of benzene rings is 1. The average molecular weight is 421 g/mol. The Morgan fingerprint density at radius 1 is 1.16 bits per heavy atom. The Labute approximate surface area is 181 Å². The van der Waals surface area contributed by atoms with Gasteiger partial charge in [0.15, 0.2) is 5.82 Å². The lowest BCUT2D eigenvalue weighted by atomic mass is 9.95. The van der Waals surface area contributed by atoms with Gasteiger partial charge in [0.05, 0.1) is 5.69 Å². The van der Waals surface area contributed by atoms with Gasteiger partial charge in [0, 0.05) is 29.6 Å². The second-order valence-electron chi connectivity index (χ2n) is 9.06. The van der Waals surface area contributed by atoms with E-state index in [1.807, 2.05) is 39.0 Å². The molecule has 8 nitrogen and oxygen atoms in total. The van der Waals surface area contributed by atoms with E-state index in [0.717, 1.165) is 43.0 Å². The van der Waals surface area contributed by atoms with Crippen LogP contribution in [0.15, 0.2) is 29.1 Å². The predicted molar refractivity (Wildman–Crippen MR) is 119 cm³/mol. The second-order valence-corrected chi connectivity index (χ2v) is 9.06. The van der Waals surface area contributed by atoms with Crippen molar-refractivity contribution in [3.63, 3.8) is 0 Å². The van der Waals surface area contributed by atoms with Crippen molar-refractivity contribution < 1.29 is 4.79 Å². The highest BCUT2D eigenvalue weighted by molar-refractivity contribution is 6.04. The number of H-pyrrole nitrogens is 1.